The number of carbonyl (C=O) groups excluding carboxylic acids is 1. The van der Waals surface area contributed by atoms with Crippen molar-refractivity contribution in [1.29, 1.82) is 0 Å². The van der Waals surface area contributed by atoms with Crippen LogP contribution in [0, 0.1) is 0 Å². The van der Waals surface area contributed by atoms with Crippen molar-refractivity contribution >= 4 is 5.91 Å². The maximum absolute atomic E-state index is 11.9. The lowest BCUT2D eigenvalue weighted by molar-refractivity contribution is 0.0618. The molecular formula is C12H18N2O4. The minimum Gasteiger partial charge on any atom is -0.481 e. The Morgan fingerprint density at radius 1 is 1.44 bits per heavy atom. The first-order valence-electron chi connectivity index (χ1n) is 5.63. The normalized spacial score (nSPS) is 10.2. The van der Waals surface area contributed by atoms with Crippen LogP contribution in [0.15, 0.2) is 18.3 Å². The molecule has 0 saturated heterocycles. The first-order valence-corrected chi connectivity index (χ1v) is 5.63. The monoisotopic (exact) mass is 254 g/mol. The highest BCUT2D eigenvalue weighted by Gasteiger charge is 2.11. The Morgan fingerprint density at radius 2 is 2.22 bits per heavy atom. The van der Waals surface area contributed by atoms with E-state index < -0.39 is 0 Å². The van der Waals surface area contributed by atoms with Gasteiger partial charge in [-0.05, 0) is 6.07 Å². The Bertz CT molecular complexity index is 367. The van der Waals surface area contributed by atoms with Gasteiger partial charge in [0.2, 0.25) is 5.88 Å². The highest BCUT2D eigenvalue weighted by Crippen LogP contribution is 2.08. The molecule has 6 nitrogen and oxygen atoms in total. The number of rotatable bonds is 7. The standard InChI is InChI=1S/C12H18N2O4/c1-14(5-7-18-8-6-15)12(16)10-3-4-11(17-2)13-9-10/h3-4,9,15H,5-8H2,1-2H3. The van der Waals surface area contributed by atoms with Crippen molar-refractivity contribution in [1.82, 2.24) is 9.88 Å². The lowest BCUT2D eigenvalue weighted by atomic mass is 10.2. The number of aromatic nitrogens is 1. The van der Waals surface area contributed by atoms with Gasteiger partial charge in [0.25, 0.3) is 5.91 Å². The maximum Gasteiger partial charge on any atom is 0.255 e. The Labute approximate surface area is 106 Å². The van der Waals surface area contributed by atoms with E-state index in [2.05, 4.69) is 4.98 Å². The molecule has 0 aliphatic rings. The van der Waals surface area contributed by atoms with Crippen molar-refractivity contribution in [2.45, 2.75) is 0 Å². The average Bonchev–Trinajstić information content (AvgIpc) is 2.42. The quantitative estimate of drug-likeness (QED) is 0.702. The average molecular weight is 254 g/mol. The minimum atomic E-state index is -0.127. The summed E-state index contributed by atoms with van der Waals surface area (Å²) in [5.74, 6) is 0.346. The Kier molecular flexibility index (Phi) is 6.10. The van der Waals surface area contributed by atoms with E-state index in [-0.39, 0.29) is 19.1 Å². The maximum atomic E-state index is 11.9. The zero-order valence-corrected chi connectivity index (χ0v) is 10.6. The highest BCUT2D eigenvalue weighted by molar-refractivity contribution is 5.93. The van der Waals surface area contributed by atoms with Gasteiger partial charge in [0, 0.05) is 25.9 Å². The number of nitrogens with zero attached hydrogens (tertiary/aromatic N) is 2. The molecule has 0 spiro atoms. The Hall–Kier alpha value is -1.66. The van der Waals surface area contributed by atoms with Crippen LogP contribution in [0.2, 0.25) is 0 Å². The van der Waals surface area contributed by atoms with Crippen molar-refractivity contribution in [2.24, 2.45) is 0 Å². The van der Waals surface area contributed by atoms with Gasteiger partial charge in [0.1, 0.15) is 0 Å². The molecule has 0 bridgehead atoms. The van der Waals surface area contributed by atoms with Gasteiger partial charge >= 0.3 is 0 Å². The summed E-state index contributed by atoms with van der Waals surface area (Å²) in [5.41, 5.74) is 0.500. The predicted molar refractivity (Wildman–Crippen MR) is 65.7 cm³/mol. The third-order valence-corrected chi connectivity index (χ3v) is 2.35. The SMILES string of the molecule is COc1ccc(C(=O)N(C)CCOCCO)cn1. The van der Waals surface area contributed by atoms with E-state index in [1.165, 1.54) is 13.3 Å². The molecule has 0 aliphatic carbocycles. The molecule has 18 heavy (non-hydrogen) atoms. The largest absolute Gasteiger partial charge is 0.481 e. The molecule has 1 heterocycles. The number of carbonyl (C=O) groups is 1. The van der Waals surface area contributed by atoms with Crippen LogP contribution < -0.4 is 4.74 Å². The topological polar surface area (TPSA) is 71.9 Å². The van der Waals surface area contributed by atoms with E-state index in [4.69, 9.17) is 14.6 Å². The summed E-state index contributed by atoms with van der Waals surface area (Å²) >= 11 is 0. The summed E-state index contributed by atoms with van der Waals surface area (Å²) in [6.07, 6.45) is 1.48. The first-order chi connectivity index (χ1) is 8.69. The van der Waals surface area contributed by atoms with Gasteiger partial charge in [-0.2, -0.15) is 0 Å². The van der Waals surface area contributed by atoms with Gasteiger partial charge < -0.3 is 19.5 Å². The Morgan fingerprint density at radius 3 is 2.78 bits per heavy atom. The van der Waals surface area contributed by atoms with Crippen LogP contribution >= 0.6 is 0 Å². The van der Waals surface area contributed by atoms with Crippen LogP contribution in [0.4, 0.5) is 0 Å². The highest BCUT2D eigenvalue weighted by atomic mass is 16.5. The molecule has 1 rings (SSSR count). The van der Waals surface area contributed by atoms with Crippen molar-refractivity contribution in [3.05, 3.63) is 23.9 Å². The van der Waals surface area contributed by atoms with Gasteiger partial charge in [-0.3, -0.25) is 4.79 Å². The number of amides is 1. The van der Waals surface area contributed by atoms with Crippen molar-refractivity contribution < 1.29 is 19.4 Å². The second kappa shape index (κ2) is 7.62. The Balaban J connectivity index is 2.46. The molecule has 1 aromatic rings. The lowest BCUT2D eigenvalue weighted by Crippen LogP contribution is -2.30. The molecule has 1 amide bonds. The van der Waals surface area contributed by atoms with Crippen molar-refractivity contribution in [2.75, 3.05) is 40.5 Å². The van der Waals surface area contributed by atoms with Crippen molar-refractivity contribution in [3.8, 4) is 5.88 Å². The third-order valence-electron chi connectivity index (χ3n) is 2.35. The molecule has 0 unspecified atom stereocenters. The van der Waals surface area contributed by atoms with Crippen LogP contribution in [0.3, 0.4) is 0 Å². The summed E-state index contributed by atoms with van der Waals surface area (Å²) in [6, 6.07) is 3.31. The summed E-state index contributed by atoms with van der Waals surface area (Å²) in [7, 11) is 3.21. The van der Waals surface area contributed by atoms with E-state index in [1.54, 1.807) is 24.1 Å². The summed E-state index contributed by atoms with van der Waals surface area (Å²) in [5, 5.41) is 8.54. The number of methoxy groups -OCH3 is 1. The van der Waals surface area contributed by atoms with E-state index in [0.717, 1.165) is 0 Å². The second-order valence-corrected chi connectivity index (χ2v) is 3.65. The van der Waals surface area contributed by atoms with E-state index in [0.29, 0.717) is 24.6 Å². The van der Waals surface area contributed by atoms with E-state index >= 15 is 0 Å². The molecule has 1 N–H and O–H groups in total. The second-order valence-electron chi connectivity index (χ2n) is 3.65. The van der Waals surface area contributed by atoms with Crippen LogP contribution in [0.25, 0.3) is 0 Å². The minimum absolute atomic E-state index is 0.0138. The number of hydrogen-bond acceptors (Lipinski definition) is 5. The molecule has 1 aromatic heterocycles. The zero-order chi connectivity index (χ0) is 13.4. The van der Waals surface area contributed by atoms with Crippen LogP contribution in [-0.2, 0) is 4.74 Å². The fourth-order valence-electron chi connectivity index (χ4n) is 1.32. The van der Waals surface area contributed by atoms with Gasteiger partial charge in [-0.15, -0.1) is 0 Å². The van der Waals surface area contributed by atoms with E-state index in [1.807, 2.05) is 0 Å². The van der Waals surface area contributed by atoms with Crippen LogP contribution in [0.1, 0.15) is 10.4 Å². The number of likely N-dealkylation sites (N-methyl/N-ethyl adjacent to an activating group) is 1. The molecule has 0 aliphatic heterocycles. The first kappa shape index (κ1) is 14.4. The number of hydrogen-bond donors (Lipinski definition) is 1. The summed E-state index contributed by atoms with van der Waals surface area (Å²) < 4.78 is 10.0. The molecular weight excluding hydrogens is 236 g/mol. The number of aliphatic hydroxyl groups excluding tert-OH is 1. The summed E-state index contributed by atoms with van der Waals surface area (Å²) in [4.78, 5) is 17.5. The smallest absolute Gasteiger partial charge is 0.255 e. The zero-order valence-electron chi connectivity index (χ0n) is 10.6. The van der Waals surface area contributed by atoms with Crippen LogP contribution in [0.5, 0.6) is 5.88 Å². The molecule has 100 valence electrons. The van der Waals surface area contributed by atoms with Crippen molar-refractivity contribution in [3.63, 3.8) is 0 Å². The molecule has 0 saturated carbocycles. The molecule has 0 radical (unpaired) electrons. The fourth-order valence-corrected chi connectivity index (χ4v) is 1.32. The lowest BCUT2D eigenvalue weighted by Gasteiger charge is -2.16. The van der Waals surface area contributed by atoms with Gasteiger partial charge in [-0.1, -0.05) is 0 Å². The van der Waals surface area contributed by atoms with Gasteiger partial charge in [0.05, 0.1) is 32.5 Å². The molecule has 6 heteroatoms. The van der Waals surface area contributed by atoms with Gasteiger partial charge in [-0.25, -0.2) is 4.98 Å². The fraction of sp³-hybridized carbons (Fsp3) is 0.500. The van der Waals surface area contributed by atoms with Gasteiger partial charge in [0.15, 0.2) is 0 Å². The summed E-state index contributed by atoms with van der Waals surface area (Å²) in [6.45, 7) is 1.13. The molecule has 0 aromatic carbocycles. The van der Waals surface area contributed by atoms with Crippen LogP contribution in [-0.4, -0.2) is 61.4 Å². The number of pyridine rings is 1. The molecule has 0 fully saturated rings. The third kappa shape index (κ3) is 4.31. The molecule has 0 atom stereocenters. The number of ether oxygens (including phenoxy) is 2. The number of aliphatic hydroxyl groups is 1. The van der Waals surface area contributed by atoms with E-state index in [9.17, 15) is 4.79 Å². The predicted octanol–water partition coefficient (Wildman–Crippen LogP) is 0.171.